The predicted molar refractivity (Wildman–Crippen MR) is 205 cm³/mol. The van der Waals surface area contributed by atoms with E-state index >= 15 is 0 Å². The average Bonchev–Trinajstić information content (AvgIpc) is 3.64. The van der Waals surface area contributed by atoms with Gasteiger partial charge in [-0.1, -0.05) is 49.3 Å². The van der Waals surface area contributed by atoms with Crippen molar-refractivity contribution in [3.05, 3.63) is 71.4 Å². The number of thiophene rings is 2. The maximum absolute atomic E-state index is 14.6. The smallest absolute Gasteiger partial charge is 0.251 e. The molecule has 1 aromatic carbocycles. The first-order valence-electron chi connectivity index (χ1n) is 17.5. The van der Waals surface area contributed by atoms with Crippen molar-refractivity contribution in [2.45, 2.75) is 72.9 Å². The summed E-state index contributed by atoms with van der Waals surface area (Å²) in [4.78, 5) is 54.4. The summed E-state index contributed by atoms with van der Waals surface area (Å²) in [7, 11) is -7.06. The number of ether oxygens (including phenoxy) is 1. The van der Waals surface area contributed by atoms with Gasteiger partial charge in [-0.15, -0.1) is 22.7 Å². The van der Waals surface area contributed by atoms with E-state index in [1.54, 1.807) is 11.4 Å². The molecule has 4 aromatic rings. The molecule has 1 saturated heterocycles. The SMILES string of the molecule is CP(C)(=O)NC(=O)[C@@]12CC1/C=C\CCCCC[C@H](NS(=O)(=O)c1cccs1)C(=O)N1C[C@H](Oc3nc4ccccc4nc3-c3cccs3)C[C@H]1C(=O)N2. The van der Waals surface area contributed by atoms with E-state index in [2.05, 4.69) is 15.1 Å². The molecule has 5 heterocycles. The van der Waals surface area contributed by atoms with Gasteiger partial charge < -0.3 is 24.6 Å². The molecule has 280 valence electrons. The van der Waals surface area contributed by atoms with E-state index in [9.17, 15) is 27.4 Å². The minimum Gasteiger partial charge on any atom is -0.471 e. The molecule has 1 aliphatic carbocycles. The zero-order valence-electron chi connectivity index (χ0n) is 29.3. The molecule has 3 aliphatic rings. The second-order valence-electron chi connectivity index (χ2n) is 14.1. The Bertz CT molecular complexity index is 2190. The Labute approximate surface area is 316 Å². The molecular formula is C36H41N6O7PS3. The zero-order valence-corrected chi connectivity index (χ0v) is 32.6. The molecular weight excluding hydrogens is 756 g/mol. The van der Waals surface area contributed by atoms with Gasteiger partial charge in [0.05, 0.1) is 22.5 Å². The summed E-state index contributed by atoms with van der Waals surface area (Å²) in [6.45, 7) is 2.84. The molecule has 17 heteroatoms. The second-order valence-corrected chi connectivity index (χ2v) is 20.8. The average molecular weight is 797 g/mol. The fourth-order valence-corrected chi connectivity index (χ4v) is 10.6. The van der Waals surface area contributed by atoms with Crippen LogP contribution >= 0.6 is 30.0 Å². The maximum atomic E-state index is 14.6. The third-order valence-corrected chi connectivity index (χ3v) is 14.1. The number of nitrogens with zero attached hydrogens (tertiary/aromatic N) is 3. The van der Waals surface area contributed by atoms with Crippen LogP contribution in [0.25, 0.3) is 21.6 Å². The molecule has 0 bridgehead atoms. The lowest BCUT2D eigenvalue weighted by molar-refractivity contribution is -0.141. The number of para-hydroxylation sites is 2. The predicted octanol–water partition coefficient (Wildman–Crippen LogP) is 5.16. The highest BCUT2D eigenvalue weighted by Crippen LogP contribution is 2.47. The zero-order chi connectivity index (χ0) is 37.4. The molecule has 1 unspecified atom stereocenters. The molecule has 13 nitrogen and oxygen atoms in total. The number of fused-ring (bicyclic) bond motifs is 3. The highest BCUT2D eigenvalue weighted by Gasteiger charge is 2.61. The minimum atomic E-state index is -4.05. The van der Waals surface area contributed by atoms with Crippen LogP contribution in [0.15, 0.2) is 75.7 Å². The first-order chi connectivity index (χ1) is 25.3. The quantitative estimate of drug-likeness (QED) is 0.161. The van der Waals surface area contributed by atoms with Crippen molar-refractivity contribution < 1.29 is 32.1 Å². The molecule has 7 rings (SSSR count). The van der Waals surface area contributed by atoms with Crippen LogP contribution in [0.3, 0.4) is 0 Å². The lowest BCUT2D eigenvalue weighted by Crippen LogP contribution is -2.57. The van der Waals surface area contributed by atoms with Crippen molar-refractivity contribution in [3.63, 3.8) is 0 Å². The van der Waals surface area contributed by atoms with Crippen LogP contribution in [0.2, 0.25) is 0 Å². The summed E-state index contributed by atoms with van der Waals surface area (Å²) in [6.07, 6.45) is 6.53. The number of allylic oxidation sites excluding steroid dienone is 1. The van der Waals surface area contributed by atoms with Crippen molar-refractivity contribution in [1.82, 2.24) is 30.0 Å². The molecule has 0 spiro atoms. The van der Waals surface area contributed by atoms with E-state index < -0.39 is 58.8 Å². The topological polar surface area (TPSA) is 177 Å². The van der Waals surface area contributed by atoms with Gasteiger partial charge in [0, 0.05) is 25.7 Å². The number of hydrogen-bond acceptors (Lipinski definition) is 11. The van der Waals surface area contributed by atoms with Crippen LogP contribution in [0.5, 0.6) is 5.88 Å². The molecule has 5 atom stereocenters. The summed E-state index contributed by atoms with van der Waals surface area (Å²) in [5, 5.41) is 9.11. The Hall–Kier alpha value is -3.95. The van der Waals surface area contributed by atoms with E-state index in [4.69, 9.17) is 14.7 Å². The van der Waals surface area contributed by atoms with Crippen molar-refractivity contribution in [1.29, 1.82) is 0 Å². The number of benzene rings is 1. The summed E-state index contributed by atoms with van der Waals surface area (Å²) >= 11 is 2.52. The number of carbonyl (C=O) groups is 3. The number of carbonyl (C=O) groups excluding carboxylic acids is 3. The first kappa shape index (κ1) is 37.4. The van der Waals surface area contributed by atoms with Crippen LogP contribution in [-0.4, -0.2) is 84.6 Å². The first-order valence-corrected chi connectivity index (χ1v) is 23.4. The Morgan fingerprint density at radius 3 is 2.49 bits per heavy atom. The third-order valence-electron chi connectivity index (χ3n) is 9.64. The Morgan fingerprint density at radius 1 is 1.02 bits per heavy atom. The van der Waals surface area contributed by atoms with Gasteiger partial charge in [-0.05, 0) is 60.7 Å². The molecule has 3 N–H and O–H groups in total. The van der Waals surface area contributed by atoms with Gasteiger partial charge in [0.2, 0.25) is 17.7 Å². The van der Waals surface area contributed by atoms with Gasteiger partial charge in [-0.2, -0.15) is 4.72 Å². The molecule has 0 radical (unpaired) electrons. The Morgan fingerprint density at radius 2 is 1.77 bits per heavy atom. The van der Waals surface area contributed by atoms with Crippen molar-refractivity contribution >= 4 is 68.7 Å². The maximum Gasteiger partial charge on any atom is 0.251 e. The summed E-state index contributed by atoms with van der Waals surface area (Å²) in [6, 6.07) is 12.0. The molecule has 53 heavy (non-hydrogen) atoms. The number of rotatable bonds is 8. The highest BCUT2D eigenvalue weighted by molar-refractivity contribution is 7.91. The largest absolute Gasteiger partial charge is 0.471 e. The van der Waals surface area contributed by atoms with Crippen molar-refractivity contribution in [2.75, 3.05) is 19.9 Å². The number of aromatic nitrogens is 2. The molecule has 3 aromatic heterocycles. The fraction of sp³-hybridized carbons (Fsp3) is 0.417. The van der Waals surface area contributed by atoms with Gasteiger partial charge in [-0.25, -0.2) is 18.4 Å². The summed E-state index contributed by atoms with van der Waals surface area (Å²) in [5.74, 6) is -1.78. The van der Waals surface area contributed by atoms with Gasteiger partial charge >= 0.3 is 0 Å². The van der Waals surface area contributed by atoms with Crippen LogP contribution in [-0.2, 0) is 29.0 Å². The van der Waals surface area contributed by atoms with E-state index in [1.807, 2.05) is 53.9 Å². The number of amides is 3. The number of nitrogens with one attached hydrogen (secondary N) is 3. The van der Waals surface area contributed by atoms with Gasteiger partial charge in [0.1, 0.15) is 33.6 Å². The van der Waals surface area contributed by atoms with Gasteiger partial charge in [0.25, 0.3) is 15.9 Å². The Kier molecular flexibility index (Phi) is 10.6. The standard InChI is InChI=1S/C36H41N6O7PS3/c1-50(2,46)40-35(45)36-21-23(36)12-6-4-3-5-7-15-27(41-53(47,48)30-17-11-19-52-30)34(44)42-22-24(20-28(42)32(43)39-36)49-33-31(29-16-10-18-51-29)37-25-13-8-9-14-26(25)38-33/h6,8-14,16-19,23-24,27-28,41H,3-5,7,15,20-22H2,1-2H3,(H,39,43)(H,40,45,46)/b12-6-/t23?,24-,27+,28+,36-/m1/s1. The fourth-order valence-electron chi connectivity index (χ4n) is 6.94. The number of hydrogen-bond donors (Lipinski definition) is 3. The van der Waals surface area contributed by atoms with Crippen LogP contribution in [0, 0.1) is 5.92 Å². The van der Waals surface area contributed by atoms with Gasteiger partial charge in [-0.3, -0.25) is 14.4 Å². The van der Waals surface area contributed by atoms with Crippen LogP contribution in [0.4, 0.5) is 0 Å². The molecule has 1 saturated carbocycles. The van der Waals surface area contributed by atoms with E-state index in [0.29, 0.717) is 36.0 Å². The monoisotopic (exact) mass is 796 g/mol. The summed E-state index contributed by atoms with van der Waals surface area (Å²) < 4.78 is 48.9. The highest BCUT2D eigenvalue weighted by atomic mass is 32.2. The minimum absolute atomic E-state index is 0.0403. The van der Waals surface area contributed by atoms with Crippen molar-refractivity contribution in [3.8, 4) is 16.5 Å². The lowest BCUT2D eigenvalue weighted by Gasteiger charge is -2.30. The number of sulfonamides is 1. The summed E-state index contributed by atoms with van der Waals surface area (Å²) in [5.41, 5.74) is 0.460. The third kappa shape index (κ3) is 8.26. The molecule has 2 aliphatic heterocycles. The van der Waals surface area contributed by atoms with E-state index in [-0.39, 0.29) is 35.4 Å². The van der Waals surface area contributed by atoms with Crippen LogP contribution < -0.4 is 19.9 Å². The molecule has 2 fully saturated rings. The Balaban J connectivity index is 1.24. The second kappa shape index (κ2) is 15.1. The van der Waals surface area contributed by atoms with E-state index in [1.165, 1.54) is 35.6 Å². The lowest BCUT2D eigenvalue weighted by atomic mass is 10.1. The normalized spacial score (nSPS) is 26.1. The van der Waals surface area contributed by atoms with Gasteiger partial charge in [0.15, 0.2) is 7.29 Å². The molecule has 3 amide bonds. The van der Waals surface area contributed by atoms with Crippen molar-refractivity contribution in [2.24, 2.45) is 5.92 Å². The van der Waals surface area contributed by atoms with E-state index in [0.717, 1.165) is 29.1 Å². The van der Waals surface area contributed by atoms with Crippen LogP contribution in [0.1, 0.15) is 44.9 Å².